The Bertz CT molecular complexity index is 233. The fraction of sp³-hybridized carbons (Fsp3) is 0.857. The van der Waals surface area contributed by atoms with Crippen molar-refractivity contribution in [1.82, 2.24) is 4.67 Å². The standard InChI is InChI=1S/C7H16NO4P/c1-5(2)7(9)8(6(3)4)13(10,11)12/h5-6H,1-4H3,(H2,10,11,12). The summed E-state index contributed by atoms with van der Waals surface area (Å²) in [6.45, 7) is 6.35. The van der Waals surface area contributed by atoms with Gasteiger partial charge in [0.15, 0.2) is 0 Å². The van der Waals surface area contributed by atoms with Crippen molar-refractivity contribution in [2.45, 2.75) is 33.7 Å². The molecule has 0 heterocycles. The highest BCUT2D eigenvalue weighted by Crippen LogP contribution is 2.42. The van der Waals surface area contributed by atoms with E-state index in [2.05, 4.69) is 0 Å². The molecule has 0 aliphatic carbocycles. The predicted octanol–water partition coefficient (Wildman–Crippen LogP) is 0.972. The van der Waals surface area contributed by atoms with E-state index in [-0.39, 0.29) is 0 Å². The van der Waals surface area contributed by atoms with Gasteiger partial charge in [-0.3, -0.25) is 4.79 Å². The monoisotopic (exact) mass is 209 g/mol. The van der Waals surface area contributed by atoms with Crippen LogP contribution in [-0.2, 0) is 9.36 Å². The third kappa shape index (κ3) is 3.46. The van der Waals surface area contributed by atoms with Gasteiger partial charge in [-0.2, -0.15) is 0 Å². The van der Waals surface area contributed by atoms with Gasteiger partial charge in [0.05, 0.1) is 0 Å². The van der Waals surface area contributed by atoms with Crippen LogP contribution < -0.4 is 0 Å². The minimum Gasteiger partial charge on any atom is -0.308 e. The molecule has 0 bridgehead atoms. The van der Waals surface area contributed by atoms with Crippen molar-refractivity contribution in [3.8, 4) is 0 Å². The van der Waals surface area contributed by atoms with Gasteiger partial charge in [-0.05, 0) is 13.8 Å². The molecule has 2 N–H and O–H groups in total. The van der Waals surface area contributed by atoms with Crippen LogP contribution in [0.5, 0.6) is 0 Å². The molecule has 78 valence electrons. The summed E-state index contributed by atoms with van der Waals surface area (Å²) in [5, 5.41) is 0. The van der Waals surface area contributed by atoms with Gasteiger partial charge in [0, 0.05) is 12.0 Å². The Morgan fingerprint density at radius 1 is 1.23 bits per heavy atom. The fourth-order valence-corrected chi connectivity index (χ4v) is 2.04. The van der Waals surface area contributed by atoms with Gasteiger partial charge in [0.2, 0.25) is 5.91 Å². The summed E-state index contributed by atoms with van der Waals surface area (Å²) in [5.74, 6) is -0.932. The lowest BCUT2D eigenvalue weighted by Crippen LogP contribution is -2.36. The molecule has 0 aliphatic heterocycles. The molecule has 13 heavy (non-hydrogen) atoms. The Labute approximate surface area is 78.0 Å². The minimum atomic E-state index is -4.46. The molecule has 0 saturated carbocycles. The number of hydrogen-bond acceptors (Lipinski definition) is 2. The highest BCUT2D eigenvalue weighted by atomic mass is 31.2. The van der Waals surface area contributed by atoms with Crippen molar-refractivity contribution in [1.29, 1.82) is 0 Å². The van der Waals surface area contributed by atoms with E-state index < -0.39 is 25.6 Å². The van der Waals surface area contributed by atoms with Gasteiger partial charge in [0.25, 0.3) is 0 Å². The van der Waals surface area contributed by atoms with Crippen LogP contribution in [0.1, 0.15) is 27.7 Å². The first-order valence-corrected chi connectivity index (χ1v) is 5.63. The van der Waals surface area contributed by atoms with Gasteiger partial charge < -0.3 is 9.79 Å². The summed E-state index contributed by atoms with van der Waals surface area (Å²) in [6, 6.07) is -0.490. The first-order chi connectivity index (χ1) is 5.68. The summed E-state index contributed by atoms with van der Waals surface area (Å²) < 4.78 is 11.5. The van der Waals surface area contributed by atoms with E-state index in [1.807, 2.05) is 0 Å². The van der Waals surface area contributed by atoms with Crippen molar-refractivity contribution in [2.75, 3.05) is 0 Å². The van der Waals surface area contributed by atoms with Crippen molar-refractivity contribution in [3.05, 3.63) is 0 Å². The van der Waals surface area contributed by atoms with E-state index >= 15 is 0 Å². The average molecular weight is 209 g/mol. The predicted molar refractivity (Wildman–Crippen MR) is 48.9 cm³/mol. The lowest BCUT2D eigenvalue weighted by atomic mass is 10.2. The molecular weight excluding hydrogens is 193 g/mol. The smallest absolute Gasteiger partial charge is 0.308 e. The highest BCUT2D eigenvalue weighted by Gasteiger charge is 2.33. The van der Waals surface area contributed by atoms with Gasteiger partial charge in [-0.1, -0.05) is 13.8 Å². The van der Waals surface area contributed by atoms with Crippen molar-refractivity contribution < 1.29 is 19.1 Å². The summed E-state index contributed by atoms with van der Waals surface area (Å²) in [5.41, 5.74) is 0. The second-order valence-electron chi connectivity index (χ2n) is 3.44. The van der Waals surface area contributed by atoms with Crippen LogP contribution in [0, 0.1) is 5.92 Å². The average Bonchev–Trinajstić information content (AvgIpc) is 1.82. The Hall–Kier alpha value is -0.380. The molecule has 0 aliphatic rings. The molecule has 0 spiro atoms. The van der Waals surface area contributed by atoms with Crippen LogP contribution in [0.3, 0.4) is 0 Å². The number of carbonyl (C=O) groups is 1. The van der Waals surface area contributed by atoms with E-state index in [1.54, 1.807) is 27.7 Å². The quantitative estimate of drug-likeness (QED) is 0.679. The Morgan fingerprint density at radius 2 is 1.62 bits per heavy atom. The van der Waals surface area contributed by atoms with E-state index in [0.29, 0.717) is 4.67 Å². The number of nitrogens with zero attached hydrogens (tertiary/aromatic N) is 1. The minimum absolute atomic E-state index is 0.407. The molecule has 0 radical (unpaired) electrons. The largest absolute Gasteiger partial charge is 0.432 e. The maximum atomic E-state index is 11.4. The number of rotatable bonds is 3. The van der Waals surface area contributed by atoms with Gasteiger partial charge >= 0.3 is 7.75 Å². The molecule has 0 aromatic rings. The van der Waals surface area contributed by atoms with Gasteiger partial charge in [-0.15, -0.1) is 0 Å². The van der Waals surface area contributed by atoms with Crippen LogP contribution in [0.2, 0.25) is 0 Å². The summed E-state index contributed by atoms with van der Waals surface area (Å²) in [6.07, 6.45) is 0. The molecule has 0 unspecified atom stereocenters. The number of carbonyl (C=O) groups excluding carboxylic acids is 1. The normalized spacial score (nSPS) is 12.3. The van der Waals surface area contributed by atoms with E-state index in [0.717, 1.165) is 0 Å². The van der Waals surface area contributed by atoms with Crippen molar-refractivity contribution >= 4 is 13.7 Å². The first-order valence-electron chi connectivity index (χ1n) is 4.07. The SMILES string of the molecule is CC(C)C(=O)N(C(C)C)P(=O)(O)O. The number of hydrogen-bond donors (Lipinski definition) is 2. The maximum absolute atomic E-state index is 11.4. The van der Waals surface area contributed by atoms with Gasteiger partial charge in [-0.25, -0.2) is 9.24 Å². The molecule has 0 aromatic heterocycles. The third-order valence-electron chi connectivity index (χ3n) is 1.49. The topological polar surface area (TPSA) is 77.8 Å². The second kappa shape index (κ2) is 4.22. The fourth-order valence-electron chi connectivity index (χ4n) is 0.948. The highest BCUT2D eigenvalue weighted by molar-refractivity contribution is 7.50. The summed E-state index contributed by atoms with van der Waals surface area (Å²) >= 11 is 0. The third-order valence-corrected chi connectivity index (χ3v) is 2.71. The lowest BCUT2D eigenvalue weighted by molar-refractivity contribution is -0.131. The molecule has 0 fully saturated rings. The van der Waals surface area contributed by atoms with E-state index in [9.17, 15) is 9.36 Å². The number of amides is 1. The van der Waals surface area contributed by atoms with Gasteiger partial charge in [0.1, 0.15) is 0 Å². The molecule has 0 saturated heterocycles. The second-order valence-corrected chi connectivity index (χ2v) is 4.90. The molecule has 6 heteroatoms. The van der Waals surface area contributed by atoms with E-state index in [4.69, 9.17) is 9.79 Å². The zero-order valence-electron chi connectivity index (χ0n) is 8.26. The van der Waals surface area contributed by atoms with Crippen LogP contribution in [0.15, 0.2) is 0 Å². The zero-order valence-corrected chi connectivity index (χ0v) is 9.15. The zero-order chi connectivity index (χ0) is 10.8. The molecule has 0 aromatic carbocycles. The molecule has 0 rings (SSSR count). The van der Waals surface area contributed by atoms with Crippen molar-refractivity contribution in [3.63, 3.8) is 0 Å². The summed E-state index contributed by atoms with van der Waals surface area (Å²) in [4.78, 5) is 29.1. The van der Waals surface area contributed by atoms with E-state index in [1.165, 1.54) is 0 Å². The Morgan fingerprint density at radius 3 is 1.69 bits per heavy atom. The molecule has 0 atom stereocenters. The summed E-state index contributed by atoms with van der Waals surface area (Å²) in [7, 11) is -4.46. The van der Waals surface area contributed by atoms with Crippen LogP contribution in [-0.4, -0.2) is 26.4 Å². The molecule has 5 nitrogen and oxygen atoms in total. The first kappa shape index (κ1) is 12.6. The maximum Gasteiger partial charge on any atom is 0.432 e. The molecular formula is C7H16NO4P. The van der Waals surface area contributed by atoms with Crippen LogP contribution in [0.25, 0.3) is 0 Å². The van der Waals surface area contributed by atoms with Crippen molar-refractivity contribution in [2.24, 2.45) is 5.92 Å². The van der Waals surface area contributed by atoms with Crippen LogP contribution >= 0.6 is 7.75 Å². The lowest BCUT2D eigenvalue weighted by Gasteiger charge is -2.28. The Kier molecular flexibility index (Phi) is 4.10. The molecule has 1 amide bonds. The van der Waals surface area contributed by atoms with Crippen LogP contribution in [0.4, 0.5) is 0 Å². The Balaban J connectivity index is 4.84.